The monoisotopic (exact) mass is 473 g/mol. The molecule has 1 aliphatic carbocycles. The predicted molar refractivity (Wildman–Crippen MR) is 129 cm³/mol. The van der Waals surface area contributed by atoms with E-state index < -0.39 is 5.91 Å². The number of carbonyl (C=O) groups excluding carboxylic acids is 3. The molecule has 180 valence electrons. The Morgan fingerprint density at radius 1 is 1.29 bits per heavy atom. The fourth-order valence-electron chi connectivity index (χ4n) is 5.29. The molecule has 3 aromatic rings. The number of anilines is 1. The zero-order chi connectivity index (χ0) is 24.4. The van der Waals surface area contributed by atoms with Crippen LogP contribution >= 0.6 is 0 Å². The first-order valence-electron chi connectivity index (χ1n) is 12.0. The van der Waals surface area contributed by atoms with Crippen molar-refractivity contribution in [2.45, 2.75) is 51.7 Å². The third-order valence-corrected chi connectivity index (χ3v) is 7.38. The van der Waals surface area contributed by atoms with Gasteiger partial charge in [0.25, 0.3) is 11.8 Å². The first kappa shape index (κ1) is 21.6. The smallest absolute Gasteiger partial charge is 0.259 e. The zero-order valence-corrected chi connectivity index (χ0v) is 19.7. The summed E-state index contributed by atoms with van der Waals surface area (Å²) in [6.07, 6.45) is 4.33. The van der Waals surface area contributed by atoms with Crippen molar-refractivity contribution >= 4 is 29.2 Å². The van der Waals surface area contributed by atoms with Crippen LogP contribution < -0.4 is 16.4 Å². The van der Waals surface area contributed by atoms with Gasteiger partial charge in [0.2, 0.25) is 5.91 Å². The van der Waals surface area contributed by atoms with Crippen molar-refractivity contribution in [2.24, 2.45) is 5.92 Å². The van der Waals surface area contributed by atoms with Crippen molar-refractivity contribution in [1.82, 2.24) is 30.1 Å². The van der Waals surface area contributed by atoms with Crippen LogP contribution in [0.2, 0.25) is 0 Å². The first-order chi connectivity index (χ1) is 16.8. The van der Waals surface area contributed by atoms with Crippen LogP contribution in [-0.4, -0.2) is 55.8 Å². The molecule has 2 aliphatic heterocycles. The number of nitrogens with zero attached hydrogens (tertiary/aromatic N) is 4. The molecule has 1 saturated heterocycles. The number of nitrogens with one attached hydrogen (secondary N) is 2. The number of benzene rings is 1. The number of nitrogens with two attached hydrogens (primary N) is 1. The number of carbonyl (C=O) groups is 3. The van der Waals surface area contributed by atoms with Crippen LogP contribution in [0, 0.1) is 12.8 Å². The van der Waals surface area contributed by atoms with E-state index in [9.17, 15) is 14.4 Å². The minimum atomic E-state index is -0.413. The standard InChI is InChI=1S/C25H27N7O3/c1-12-7-15(8-16-11-31(25(35)20(12)16)13(2)14-3-4-14)18-5-6-32-23(29-18)21(22(26)30-32)24(34)28-17-9-19(33)27-10-17/h5-8,13-14,17H,3-4,9-11H2,1-2H3,(H2,26,30)(H,27,33)(H,28,34)/t13-,17+/m0/s1. The molecule has 2 aromatic heterocycles. The lowest BCUT2D eigenvalue weighted by Crippen LogP contribution is -2.36. The molecule has 1 saturated carbocycles. The summed E-state index contributed by atoms with van der Waals surface area (Å²) >= 11 is 0. The molecule has 4 N–H and O–H groups in total. The molecular formula is C25H27N7O3. The van der Waals surface area contributed by atoms with Crippen molar-refractivity contribution in [3.05, 3.63) is 46.6 Å². The van der Waals surface area contributed by atoms with Gasteiger partial charge in [-0.05, 0) is 61.9 Å². The number of hydrogen-bond donors (Lipinski definition) is 3. The van der Waals surface area contributed by atoms with Crippen LogP contribution in [0.1, 0.15) is 58.0 Å². The van der Waals surface area contributed by atoms with Gasteiger partial charge in [-0.25, -0.2) is 9.50 Å². The van der Waals surface area contributed by atoms with Crippen LogP contribution in [0.15, 0.2) is 24.4 Å². The van der Waals surface area contributed by atoms with Gasteiger partial charge < -0.3 is 21.3 Å². The molecule has 0 radical (unpaired) electrons. The summed E-state index contributed by atoms with van der Waals surface area (Å²) in [5, 5.41) is 9.78. The second-order valence-electron chi connectivity index (χ2n) is 9.86. The molecule has 35 heavy (non-hydrogen) atoms. The van der Waals surface area contributed by atoms with Crippen LogP contribution in [0.4, 0.5) is 5.82 Å². The molecule has 6 rings (SSSR count). The highest BCUT2D eigenvalue weighted by atomic mass is 16.2. The third kappa shape index (κ3) is 3.60. The fraction of sp³-hybridized carbons (Fsp3) is 0.400. The fourth-order valence-corrected chi connectivity index (χ4v) is 5.29. The van der Waals surface area contributed by atoms with E-state index in [4.69, 9.17) is 10.7 Å². The minimum Gasteiger partial charge on any atom is -0.381 e. The predicted octanol–water partition coefficient (Wildman–Crippen LogP) is 1.66. The summed E-state index contributed by atoms with van der Waals surface area (Å²) in [5.41, 5.74) is 10.8. The summed E-state index contributed by atoms with van der Waals surface area (Å²) in [4.78, 5) is 44.3. The normalized spacial score (nSPS) is 20.3. The van der Waals surface area contributed by atoms with Gasteiger partial charge in [0.1, 0.15) is 5.56 Å². The second kappa shape index (κ2) is 7.79. The largest absolute Gasteiger partial charge is 0.381 e. The molecule has 2 fully saturated rings. The maximum Gasteiger partial charge on any atom is 0.259 e. The van der Waals surface area contributed by atoms with Crippen LogP contribution in [0.25, 0.3) is 16.9 Å². The Morgan fingerprint density at radius 3 is 2.80 bits per heavy atom. The molecule has 0 spiro atoms. The zero-order valence-electron chi connectivity index (χ0n) is 19.7. The highest BCUT2D eigenvalue weighted by Crippen LogP contribution is 2.39. The van der Waals surface area contributed by atoms with E-state index in [0.29, 0.717) is 30.3 Å². The van der Waals surface area contributed by atoms with E-state index in [0.717, 1.165) is 22.3 Å². The van der Waals surface area contributed by atoms with Gasteiger partial charge in [-0.15, -0.1) is 5.10 Å². The maximum atomic E-state index is 13.1. The Bertz CT molecular complexity index is 1410. The number of amides is 3. The molecule has 0 bridgehead atoms. The topological polar surface area (TPSA) is 135 Å². The summed E-state index contributed by atoms with van der Waals surface area (Å²) < 4.78 is 1.48. The van der Waals surface area contributed by atoms with Crippen molar-refractivity contribution in [3.8, 4) is 11.3 Å². The molecule has 1 aromatic carbocycles. The molecule has 10 heteroatoms. The van der Waals surface area contributed by atoms with E-state index in [1.54, 1.807) is 6.20 Å². The Morgan fingerprint density at radius 2 is 2.09 bits per heavy atom. The van der Waals surface area contributed by atoms with Gasteiger partial charge in [0, 0.05) is 42.9 Å². The Labute approximate surface area is 201 Å². The molecule has 3 aliphatic rings. The van der Waals surface area contributed by atoms with Crippen molar-refractivity contribution in [1.29, 1.82) is 0 Å². The Hall–Kier alpha value is -3.95. The SMILES string of the molecule is Cc1cc(-c2ccn3nc(N)c(C(=O)N[C@H]4CNC(=O)C4)c3n2)cc2c1C(=O)N([C@@H](C)C1CC1)C2. The minimum absolute atomic E-state index is 0.0740. The van der Waals surface area contributed by atoms with Crippen molar-refractivity contribution < 1.29 is 14.4 Å². The quantitative estimate of drug-likeness (QED) is 0.516. The van der Waals surface area contributed by atoms with Gasteiger partial charge >= 0.3 is 0 Å². The van der Waals surface area contributed by atoms with E-state index in [2.05, 4.69) is 22.7 Å². The Kier molecular flexibility index (Phi) is 4.80. The molecule has 3 amide bonds. The number of nitrogen functional groups attached to an aromatic ring is 1. The lowest BCUT2D eigenvalue weighted by atomic mass is 9.98. The van der Waals surface area contributed by atoms with E-state index in [1.165, 1.54) is 17.4 Å². The van der Waals surface area contributed by atoms with E-state index in [-0.39, 0.29) is 41.7 Å². The van der Waals surface area contributed by atoms with Gasteiger partial charge in [0.15, 0.2) is 11.5 Å². The number of aryl methyl sites for hydroxylation is 1. The molecule has 10 nitrogen and oxygen atoms in total. The summed E-state index contributed by atoms with van der Waals surface area (Å²) in [6.45, 7) is 5.08. The number of rotatable bonds is 5. The molecule has 0 unspecified atom stereocenters. The van der Waals surface area contributed by atoms with Crippen molar-refractivity contribution in [3.63, 3.8) is 0 Å². The van der Waals surface area contributed by atoms with E-state index in [1.807, 2.05) is 30.0 Å². The van der Waals surface area contributed by atoms with Gasteiger partial charge in [0.05, 0.1) is 11.7 Å². The third-order valence-electron chi connectivity index (χ3n) is 7.38. The molecular weight excluding hydrogens is 446 g/mol. The molecule has 4 heterocycles. The highest BCUT2D eigenvalue weighted by molar-refractivity contribution is 6.05. The lowest BCUT2D eigenvalue weighted by molar-refractivity contribution is -0.119. The van der Waals surface area contributed by atoms with Crippen LogP contribution in [-0.2, 0) is 11.3 Å². The summed E-state index contributed by atoms with van der Waals surface area (Å²) in [7, 11) is 0. The molecule has 2 atom stereocenters. The highest BCUT2D eigenvalue weighted by Gasteiger charge is 2.39. The number of aromatic nitrogens is 3. The van der Waals surface area contributed by atoms with Crippen molar-refractivity contribution in [2.75, 3.05) is 12.3 Å². The summed E-state index contributed by atoms with van der Waals surface area (Å²) in [5.74, 6) is 0.273. The average Bonchev–Trinajstić information content (AvgIpc) is 3.39. The lowest BCUT2D eigenvalue weighted by Gasteiger charge is -2.24. The number of fused-ring (bicyclic) bond motifs is 2. The van der Waals surface area contributed by atoms with E-state index >= 15 is 0 Å². The summed E-state index contributed by atoms with van der Waals surface area (Å²) in [6, 6.07) is 5.76. The van der Waals surface area contributed by atoms with Crippen LogP contribution in [0.5, 0.6) is 0 Å². The van der Waals surface area contributed by atoms with Crippen LogP contribution in [0.3, 0.4) is 0 Å². The average molecular weight is 474 g/mol. The van der Waals surface area contributed by atoms with Gasteiger partial charge in [-0.3, -0.25) is 14.4 Å². The van der Waals surface area contributed by atoms with Gasteiger partial charge in [-0.2, -0.15) is 0 Å². The number of hydrogen-bond acceptors (Lipinski definition) is 6. The first-order valence-corrected chi connectivity index (χ1v) is 12.0. The maximum absolute atomic E-state index is 13.1. The second-order valence-corrected chi connectivity index (χ2v) is 9.86. The van der Waals surface area contributed by atoms with Gasteiger partial charge in [-0.1, -0.05) is 0 Å². The Balaban J connectivity index is 1.34.